The van der Waals surface area contributed by atoms with E-state index in [0.717, 1.165) is 26.1 Å². The van der Waals surface area contributed by atoms with Crippen molar-refractivity contribution >= 4 is 17.3 Å². The first kappa shape index (κ1) is 13.9. The smallest absolute Gasteiger partial charge is 0.291 e. The van der Waals surface area contributed by atoms with E-state index in [9.17, 15) is 4.79 Å². The molecule has 1 aliphatic carbocycles. The van der Waals surface area contributed by atoms with Crippen molar-refractivity contribution in [1.82, 2.24) is 9.78 Å². The van der Waals surface area contributed by atoms with Crippen LogP contribution in [0.3, 0.4) is 0 Å². The molecule has 3 rings (SSSR count). The van der Waals surface area contributed by atoms with Gasteiger partial charge in [0.2, 0.25) is 0 Å². The second kappa shape index (κ2) is 5.74. The minimum atomic E-state index is -0.0536. The summed E-state index contributed by atoms with van der Waals surface area (Å²) in [4.78, 5) is 14.7. The van der Waals surface area contributed by atoms with E-state index in [0.29, 0.717) is 29.1 Å². The quantitative estimate of drug-likeness (QED) is 0.914. The van der Waals surface area contributed by atoms with Gasteiger partial charge in [-0.15, -0.1) is 0 Å². The molecule has 2 fully saturated rings. The Morgan fingerprint density at radius 3 is 2.75 bits per heavy atom. The van der Waals surface area contributed by atoms with Gasteiger partial charge in [-0.05, 0) is 37.6 Å². The average Bonchev–Trinajstić information content (AvgIpc) is 2.84. The molecule has 0 spiro atoms. The van der Waals surface area contributed by atoms with E-state index in [1.54, 1.807) is 10.9 Å². The highest BCUT2D eigenvalue weighted by Gasteiger charge is 2.27. The molecule has 2 N–H and O–H groups in total. The van der Waals surface area contributed by atoms with Crippen molar-refractivity contribution in [1.29, 1.82) is 0 Å². The van der Waals surface area contributed by atoms with Crippen molar-refractivity contribution in [2.24, 2.45) is 17.6 Å². The maximum absolute atomic E-state index is 12.6. The van der Waals surface area contributed by atoms with Crippen molar-refractivity contribution < 1.29 is 0 Å². The predicted molar refractivity (Wildman–Crippen MR) is 80.2 cm³/mol. The van der Waals surface area contributed by atoms with E-state index in [-0.39, 0.29) is 5.56 Å². The topological polar surface area (TPSA) is 64.2 Å². The second-order valence-electron chi connectivity index (χ2n) is 5.96. The number of nitrogens with two attached hydrogens (primary N) is 1. The van der Waals surface area contributed by atoms with E-state index in [2.05, 4.69) is 10.00 Å². The Labute approximate surface area is 123 Å². The van der Waals surface area contributed by atoms with E-state index in [1.165, 1.54) is 19.3 Å². The maximum atomic E-state index is 12.6. The minimum absolute atomic E-state index is 0.0536. The monoisotopic (exact) mass is 296 g/mol. The van der Waals surface area contributed by atoms with E-state index >= 15 is 0 Å². The molecule has 0 bridgehead atoms. The Balaban J connectivity index is 1.85. The van der Waals surface area contributed by atoms with Gasteiger partial charge in [0.25, 0.3) is 5.56 Å². The van der Waals surface area contributed by atoms with Crippen LogP contribution in [0, 0.1) is 11.8 Å². The highest BCUT2D eigenvalue weighted by molar-refractivity contribution is 6.33. The molecular weight excluding hydrogens is 276 g/mol. The summed E-state index contributed by atoms with van der Waals surface area (Å²) in [6, 6.07) is 0. The minimum Gasteiger partial charge on any atom is -0.365 e. The Morgan fingerprint density at radius 1 is 1.35 bits per heavy atom. The number of aromatic nitrogens is 2. The third-order valence-corrected chi connectivity index (χ3v) is 4.84. The molecule has 5 nitrogen and oxygen atoms in total. The number of hydrogen-bond acceptors (Lipinski definition) is 4. The van der Waals surface area contributed by atoms with Crippen molar-refractivity contribution in [2.75, 3.05) is 24.5 Å². The average molecular weight is 297 g/mol. The molecule has 2 aliphatic rings. The van der Waals surface area contributed by atoms with Crippen LogP contribution in [0.15, 0.2) is 11.0 Å². The standard InChI is InChI=1S/C14H21ClN4O/c15-12-7-17-19(9-10-2-1-3-10)14(20)13(12)18-5-4-11(6-16)8-18/h7,10-11H,1-6,8-9,16H2. The summed E-state index contributed by atoms with van der Waals surface area (Å²) in [6.07, 6.45) is 6.30. The number of hydrogen-bond donors (Lipinski definition) is 1. The number of nitrogens with zero attached hydrogens (tertiary/aromatic N) is 3. The summed E-state index contributed by atoms with van der Waals surface area (Å²) >= 11 is 6.21. The van der Waals surface area contributed by atoms with Gasteiger partial charge in [0.15, 0.2) is 0 Å². The molecule has 1 saturated carbocycles. The maximum Gasteiger partial charge on any atom is 0.291 e. The molecule has 1 aromatic rings. The number of halogens is 1. The fourth-order valence-corrected chi connectivity index (χ4v) is 3.27. The van der Waals surface area contributed by atoms with Crippen LogP contribution in [0.25, 0.3) is 0 Å². The summed E-state index contributed by atoms with van der Waals surface area (Å²) in [5.41, 5.74) is 6.27. The van der Waals surface area contributed by atoms with Gasteiger partial charge in [0, 0.05) is 19.6 Å². The Hall–Kier alpha value is -1.07. The number of anilines is 1. The Bertz CT molecular complexity index is 540. The first-order chi connectivity index (χ1) is 9.69. The van der Waals surface area contributed by atoms with Gasteiger partial charge in [-0.25, -0.2) is 4.68 Å². The van der Waals surface area contributed by atoms with Crippen LogP contribution in [-0.2, 0) is 6.54 Å². The lowest BCUT2D eigenvalue weighted by Gasteiger charge is -2.26. The fourth-order valence-electron chi connectivity index (χ4n) is 3.02. The molecule has 1 saturated heterocycles. The van der Waals surface area contributed by atoms with Crippen LogP contribution in [-0.4, -0.2) is 29.4 Å². The lowest BCUT2D eigenvalue weighted by molar-refractivity contribution is 0.262. The summed E-state index contributed by atoms with van der Waals surface area (Å²) < 4.78 is 1.58. The first-order valence-electron chi connectivity index (χ1n) is 7.39. The lowest BCUT2D eigenvalue weighted by Crippen LogP contribution is -2.35. The molecule has 0 aromatic carbocycles. The van der Waals surface area contributed by atoms with Crippen molar-refractivity contribution in [3.05, 3.63) is 21.6 Å². The predicted octanol–water partition coefficient (Wildman–Crippen LogP) is 1.48. The van der Waals surface area contributed by atoms with Gasteiger partial charge in [-0.1, -0.05) is 18.0 Å². The summed E-state index contributed by atoms with van der Waals surface area (Å²) in [5, 5.41) is 4.65. The van der Waals surface area contributed by atoms with Crippen LogP contribution < -0.4 is 16.2 Å². The Kier molecular flexibility index (Phi) is 3.98. The Morgan fingerprint density at radius 2 is 2.15 bits per heavy atom. The fraction of sp³-hybridized carbons (Fsp3) is 0.714. The SMILES string of the molecule is NCC1CCN(c2c(Cl)cnn(CC3CCC3)c2=O)C1. The van der Waals surface area contributed by atoms with Crippen molar-refractivity contribution in [3.8, 4) is 0 Å². The third kappa shape index (κ3) is 2.56. The van der Waals surface area contributed by atoms with Crippen LogP contribution in [0.5, 0.6) is 0 Å². The highest BCUT2D eigenvalue weighted by atomic mass is 35.5. The van der Waals surface area contributed by atoms with Crippen molar-refractivity contribution in [3.63, 3.8) is 0 Å². The van der Waals surface area contributed by atoms with Gasteiger partial charge < -0.3 is 10.6 Å². The van der Waals surface area contributed by atoms with E-state index in [1.807, 2.05) is 0 Å². The van der Waals surface area contributed by atoms with Crippen LogP contribution in [0.4, 0.5) is 5.69 Å². The normalized spacial score (nSPS) is 23.1. The molecule has 20 heavy (non-hydrogen) atoms. The third-order valence-electron chi connectivity index (χ3n) is 4.56. The molecule has 110 valence electrons. The molecule has 1 aliphatic heterocycles. The zero-order chi connectivity index (χ0) is 14.1. The summed E-state index contributed by atoms with van der Waals surface area (Å²) in [7, 11) is 0. The van der Waals surface area contributed by atoms with Gasteiger partial charge >= 0.3 is 0 Å². The second-order valence-corrected chi connectivity index (χ2v) is 6.37. The molecule has 0 radical (unpaired) electrons. The molecule has 1 atom stereocenters. The molecule has 1 aromatic heterocycles. The molecule has 1 unspecified atom stereocenters. The van der Waals surface area contributed by atoms with Gasteiger partial charge in [0.1, 0.15) is 5.69 Å². The lowest BCUT2D eigenvalue weighted by atomic mass is 9.85. The van der Waals surface area contributed by atoms with Gasteiger partial charge in [0.05, 0.1) is 11.2 Å². The first-order valence-corrected chi connectivity index (χ1v) is 7.77. The van der Waals surface area contributed by atoms with Crippen LogP contribution >= 0.6 is 11.6 Å². The van der Waals surface area contributed by atoms with E-state index < -0.39 is 0 Å². The molecule has 6 heteroatoms. The largest absolute Gasteiger partial charge is 0.365 e. The van der Waals surface area contributed by atoms with Gasteiger partial charge in [-0.3, -0.25) is 4.79 Å². The molecule has 0 amide bonds. The summed E-state index contributed by atoms with van der Waals surface area (Å²) in [6.45, 7) is 3.05. The van der Waals surface area contributed by atoms with Crippen molar-refractivity contribution in [2.45, 2.75) is 32.2 Å². The van der Waals surface area contributed by atoms with Gasteiger partial charge in [-0.2, -0.15) is 5.10 Å². The van der Waals surface area contributed by atoms with Crippen LogP contribution in [0.2, 0.25) is 5.02 Å². The summed E-state index contributed by atoms with van der Waals surface area (Å²) in [5.74, 6) is 1.06. The molecular formula is C14H21ClN4O. The molecule has 2 heterocycles. The zero-order valence-electron chi connectivity index (χ0n) is 11.6. The van der Waals surface area contributed by atoms with Crippen LogP contribution in [0.1, 0.15) is 25.7 Å². The zero-order valence-corrected chi connectivity index (χ0v) is 12.4. The number of rotatable bonds is 4. The van der Waals surface area contributed by atoms with E-state index in [4.69, 9.17) is 17.3 Å². The highest BCUT2D eigenvalue weighted by Crippen LogP contribution is 2.29.